The second kappa shape index (κ2) is 5.25. The molecule has 0 aliphatic rings. The highest BCUT2D eigenvalue weighted by Gasteiger charge is 2.14. The van der Waals surface area contributed by atoms with E-state index in [1.165, 1.54) is 0 Å². The number of anilines is 1. The third-order valence-corrected chi connectivity index (χ3v) is 2.20. The standard InChI is InChI=1S/C11H17N5/c1-8(2)16(7-12)11(13)9-5-4-6-10(14-3)15-9/h4-8,12-13H,1-3H3,(H,14,15). The maximum absolute atomic E-state index is 7.97. The van der Waals surface area contributed by atoms with Crippen LogP contribution in [0, 0.1) is 10.8 Å². The molecule has 0 atom stereocenters. The molecule has 86 valence electrons. The highest BCUT2D eigenvalue weighted by Crippen LogP contribution is 2.08. The van der Waals surface area contributed by atoms with E-state index >= 15 is 0 Å². The molecule has 0 saturated heterocycles. The molecule has 0 radical (unpaired) electrons. The lowest BCUT2D eigenvalue weighted by molar-refractivity contribution is 0.507. The fraction of sp³-hybridized carbons (Fsp3) is 0.364. The zero-order chi connectivity index (χ0) is 12.1. The molecule has 0 saturated carbocycles. The summed E-state index contributed by atoms with van der Waals surface area (Å²) in [6, 6.07) is 5.51. The summed E-state index contributed by atoms with van der Waals surface area (Å²) in [5.41, 5.74) is 0.559. The normalized spacial score (nSPS) is 10.0. The fourth-order valence-electron chi connectivity index (χ4n) is 1.31. The Kier molecular flexibility index (Phi) is 3.99. The zero-order valence-electron chi connectivity index (χ0n) is 9.78. The quantitative estimate of drug-likeness (QED) is 0.533. The molecule has 1 aromatic rings. The molecule has 0 fully saturated rings. The smallest absolute Gasteiger partial charge is 0.152 e. The third-order valence-electron chi connectivity index (χ3n) is 2.20. The number of hydrogen-bond acceptors (Lipinski definition) is 4. The van der Waals surface area contributed by atoms with Gasteiger partial charge < -0.3 is 10.2 Å². The summed E-state index contributed by atoms with van der Waals surface area (Å²) < 4.78 is 0. The summed E-state index contributed by atoms with van der Waals surface area (Å²) in [4.78, 5) is 5.82. The van der Waals surface area contributed by atoms with Gasteiger partial charge in [-0.05, 0) is 26.0 Å². The van der Waals surface area contributed by atoms with Crippen molar-refractivity contribution in [2.24, 2.45) is 0 Å². The molecule has 5 nitrogen and oxygen atoms in total. The Bertz CT molecular complexity index is 386. The minimum atomic E-state index is 0.0741. The molecule has 1 aromatic heterocycles. The van der Waals surface area contributed by atoms with Crippen molar-refractivity contribution in [3.8, 4) is 0 Å². The van der Waals surface area contributed by atoms with Crippen LogP contribution in [0.2, 0.25) is 0 Å². The summed E-state index contributed by atoms with van der Waals surface area (Å²) in [6.07, 6.45) is 1.15. The molecular weight excluding hydrogens is 202 g/mol. The van der Waals surface area contributed by atoms with Crippen molar-refractivity contribution in [2.75, 3.05) is 12.4 Å². The second-order valence-corrected chi connectivity index (χ2v) is 3.64. The minimum Gasteiger partial charge on any atom is -0.373 e. The van der Waals surface area contributed by atoms with Gasteiger partial charge in [-0.25, -0.2) is 4.98 Å². The molecule has 5 heteroatoms. The molecule has 0 unspecified atom stereocenters. The first kappa shape index (κ1) is 12.2. The first-order chi connectivity index (χ1) is 7.60. The van der Waals surface area contributed by atoms with E-state index in [4.69, 9.17) is 10.8 Å². The molecule has 0 aromatic carbocycles. The lowest BCUT2D eigenvalue weighted by Crippen LogP contribution is -2.36. The van der Waals surface area contributed by atoms with E-state index in [0.717, 1.165) is 12.2 Å². The molecule has 1 heterocycles. The number of pyridine rings is 1. The topological polar surface area (TPSA) is 75.9 Å². The average molecular weight is 219 g/mol. The highest BCUT2D eigenvalue weighted by molar-refractivity contribution is 6.01. The Hall–Kier alpha value is -1.91. The first-order valence-corrected chi connectivity index (χ1v) is 5.12. The summed E-state index contributed by atoms with van der Waals surface area (Å²) in [5.74, 6) is 0.957. The van der Waals surface area contributed by atoms with E-state index in [-0.39, 0.29) is 11.9 Å². The van der Waals surface area contributed by atoms with Gasteiger partial charge in [-0.3, -0.25) is 10.8 Å². The average Bonchev–Trinajstić information content (AvgIpc) is 2.29. The summed E-state index contributed by atoms with van der Waals surface area (Å²) in [5, 5.41) is 18.2. The van der Waals surface area contributed by atoms with Gasteiger partial charge >= 0.3 is 0 Å². The summed E-state index contributed by atoms with van der Waals surface area (Å²) in [6.45, 7) is 3.86. The molecule has 0 spiro atoms. The number of nitrogens with one attached hydrogen (secondary N) is 3. The molecule has 0 aliphatic heterocycles. The fourth-order valence-corrected chi connectivity index (χ4v) is 1.31. The molecule has 0 amide bonds. The van der Waals surface area contributed by atoms with E-state index < -0.39 is 0 Å². The van der Waals surface area contributed by atoms with Gasteiger partial charge in [0.05, 0.1) is 6.34 Å². The first-order valence-electron chi connectivity index (χ1n) is 5.12. The highest BCUT2D eigenvalue weighted by atomic mass is 15.2. The van der Waals surface area contributed by atoms with E-state index in [1.807, 2.05) is 26.0 Å². The van der Waals surface area contributed by atoms with Crippen LogP contribution >= 0.6 is 0 Å². The molecular formula is C11H17N5. The van der Waals surface area contributed by atoms with E-state index in [9.17, 15) is 0 Å². The number of rotatable bonds is 4. The Balaban J connectivity index is 2.98. The Morgan fingerprint density at radius 3 is 2.69 bits per heavy atom. The predicted molar refractivity (Wildman–Crippen MR) is 66.4 cm³/mol. The number of hydrogen-bond donors (Lipinski definition) is 3. The van der Waals surface area contributed by atoms with Gasteiger partial charge in [-0.1, -0.05) is 6.07 Å². The van der Waals surface area contributed by atoms with Crippen molar-refractivity contribution >= 4 is 18.0 Å². The second-order valence-electron chi connectivity index (χ2n) is 3.64. The van der Waals surface area contributed by atoms with Crippen molar-refractivity contribution < 1.29 is 0 Å². The molecule has 16 heavy (non-hydrogen) atoms. The van der Waals surface area contributed by atoms with Crippen LogP contribution in [0.3, 0.4) is 0 Å². The lowest BCUT2D eigenvalue weighted by atomic mass is 10.2. The van der Waals surface area contributed by atoms with Gasteiger partial charge in [0.25, 0.3) is 0 Å². The van der Waals surface area contributed by atoms with Crippen molar-refractivity contribution in [3.05, 3.63) is 23.9 Å². The van der Waals surface area contributed by atoms with E-state index in [0.29, 0.717) is 5.69 Å². The number of aromatic nitrogens is 1. The van der Waals surface area contributed by atoms with Gasteiger partial charge in [0.15, 0.2) is 5.84 Å². The van der Waals surface area contributed by atoms with Crippen LogP contribution in [-0.2, 0) is 0 Å². The lowest BCUT2D eigenvalue weighted by Gasteiger charge is -2.23. The Morgan fingerprint density at radius 1 is 1.50 bits per heavy atom. The molecule has 0 bridgehead atoms. The van der Waals surface area contributed by atoms with Crippen molar-refractivity contribution in [1.82, 2.24) is 9.88 Å². The Labute approximate surface area is 95.5 Å². The van der Waals surface area contributed by atoms with Gasteiger partial charge in [0.2, 0.25) is 0 Å². The third kappa shape index (κ3) is 2.56. The SMILES string of the molecule is CNc1cccc(C(=N)N(C=N)C(C)C)n1. The van der Waals surface area contributed by atoms with Gasteiger partial charge in [0.1, 0.15) is 11.5 Å². The summed E-state index contributed by atoms with van der Waals surface area (Å²) >= 11 is 0. The number of nitrogens with zero attached hydrogens (tertiary/aromatic N) is 2. The van der Waals surface area contributed by atoms with Crippen molar-refractivity contribution in [1.29, 1.82) is 10.8 Å². The predicted octanol–water partition coefficient (Wildman–Crippen LogP) is 1.77. The van der Waals surface area contributed by atoms with E-state index in [1.54, 1.807) is 18.0 Å². The largest absolute Gasteiger partial charge is 0.373 e. The number of amidine groups is 1. The van der Waals surface area contributed by atoms with Gasteiger partial charge in [-0.15, -0.1) is 0 Å². The van der Waals surface area contributed by atoms with Crippen molar-refractivity contribution in [3.63, 3.8) is 0 Å². The molecule has 1 rings (SSSR count). The van der Waals surface area contributed by atoms with E-state index in [2.05, 4.69) is 10.3 Å². The molecule has 0 aliphatic carbocycles. The van der Waals surface area contributed by atoms with Gasteiger partial charge in [-0.2, -0.15) is 0 Å². The van der Waals surface area contributed by atoms with Crippen LogP contribution < -0.4 is 5.32 Å². The van der Waals surface area contributed by atoms with Crippen LogP contribution in [0.25, 0.3) is 0 Å². The molecule has 3 N–H and O–H groups in total. The van der Waals surface area contributed by atoms with Crippen molar-refractivity contribution in [2.45, 2.75) is 19.9 Å². The Morgan fingerprint density at radius 2 is 2.19 bits per heavy atom. The van der Waals surface area contributed by atoms with Crippen LogP contribution in [-0.4, -0.2) is 35.1 Å². The minimum absolute atomic E-state index is 0.0741. The zero-order valence-corrected chi connectivity index (χ0v) is 9.78. The van der Waals surface area contributed by atoms with Crippen LogP contribution in [0.5, 0.6) is 0 Å². The summed E-state index contributed by atoms with van der Waals surface area (Å²) in [7, 11) is 1.78. The monoisotopic (exact) mass is 219 g/mol. The van der Waals surface area contributed by atoms with Gasteiger partial charge in [0, 0.05) is 13.1 Å². The van der Waals surface area contributed by atoms with Crippen LogP contribution in [0.15, 0.2) is 18.2 Å². The van der Waals surface area contributed by atoms with Crippen LogP contribution in [0.1, 0.15) is 19.5 Å². The maximum atomic E-state index is 7.97. The maximum Gasteiger partial charge on any atom is 0.152 e. The van der Waals surface area contributed by atoms with Crippen LogP contribution in [0.4, 0.5) is 5.82 Å².